The molecule has 7 heteroatoms. The van der Waals surface area contributed by atoms with Crippen LogP contribution in [-0.2, 0) is 17.3 Å². The summed E-state index contributed by atoms with van der Waals surface area (Å²) in [6.07, 6.45) is -4.77. The lowest BCUT2D eigenvalue weighted by Gasteiger charge is -2.21. The fourth-order valence-corrected chi connectivity index (χ4v) is 2.49. The number of rotatable bonds is 3. The number of aromatic nitrogens is 1. The van der Waals surface area contributed by atoms with Crippen molar-refractivity contribution in [2.24, 2.45) is 0 Å². The Hall–Kier alpha value is -2.57. The topological polar surface area (TPSA) is 42.4 Å². The van der Waals surface area contributed by atoms with Crippen molar-refractivity contribution in [3.63, 3.8) is 0 Å². The number of nitrogens with zero attached hydrogens (tertiary/aromatic N) is 2. The first-order chi connectivity index (χ1) is 10.9. The molecular weight excluding hydrogens is 309 g/mol. The second kappa shape index (κ2) is 5.91. The first-order valence-electron chi connectivity index (χ1n) is 6.99. The Morgan fingerprint density at radius 1 is 1.13 bits per heavy atom. The minimum atomic E-state index is -4.56. The van der Waals surface area contributed by atoms with Crippen LogP contribution >= 0.6 is 0 Å². The highest BCUT2D eigenvalue weighted by Crippen LogP contribution is 2.30. The number of pyridine rings is 1. The quantitative estimate of drug-likeness (QED) is 0.866. The number of amides is 1. The van der Waals surface area contributed by atoms with Crippen LogP contribution in [0.3, 0.4) is 0 Å². The van der Waals surface area contributed by atoms with E-state index in [1.54, 1.807) is 0 Å². The van der Waals surface area contributed by atoms with Gasteiger partial charge in [-0.05, 0) is 24.1 Å². The molecule has 2 aromatic rings. The zero-order valence-corrected chi connectivity index (χ0v) is 12.0. The molecule has 1 aliphatic heterocycles. The van der Waals surface area contributed by atoms with Crippen molar-refractivity contribution in [3.8, 4) is 0 Å². The maximum atomic E-state index is 12.8. The fraction of sp³-hybridized carbons (Fsp3) is 0.250. The lowest BCUT2D eigenvalue weighted by atomic mass is 10.1. The predicted molar refractivity (Wildman–Crippen MR) is 77.0 cm³/mol. The molecule has 23 heavy (non-hydrogen) atoms. The number of anilines is 1. The Kier molecular flexibility index (Phi) is 3.94. The molecule has 0 bridgehead atoms. The molecule has 1 saturated heterocycles. The summed E-state index contributed by atoms with van der Waals surface area (Å²) in [5, 5.41) is 0. The summed E-state index contributed by atoms with van der Waals surface area (Å²) in [6.45, 7) is 0.117. The number of carbonyl (C=O) groups is 1. The first kappa shape index (κ1) is 15.3. The van der Waals surface area contributed by atoms with Crippen LogP contribution in [0.5, 0.6) is 0 Å². The Morgan fingerprint density at radius 2 is 1.87 bits per heavy atom. The number of benzene rings is 1. The molecule has 1 aliphatic rings. The largest absolute Gasteiger partial charge is 0.447 e. The van der Waals surface area contributed by atoms with E-state index in [0.29, 0.717) is 6.42 Å². The van der Waals surface area contributed by atoms with Gasteiger partial charge in [-0.25, -0.2) is 9.78 Å². The summed E-state index contributed by atoms with van der Waals surface area (Å²) in [4.78, 5) is 16.7. The SMILES string of the molecule is O=C1OC[C@H](Cc2ccccc2)N1c1cccc(C(F)(F)F)n1. The molecule has 1 aromatic carbocycles. The Labute approximate surface area is 130 Å². The maximum absolute atomic E-state index is 12.8. The van der Waals surface area contributed by atoms with Gasteiger partial charge in [-0.15, -0.1) is 0 Å². The Balaban J connectivity index is 1.88. The van der Waals surface area contributed by atoms with Gasteiger partial charge in [0.25, 0.3) is 0 Å². The Bertz CT molecular complexity index is 704. The van der Waals surface area contributed by atoms with Gasteiger partial charge in [0.05, 0.1) is 6.04 Å². The molecular formula is C16H13F3N2O2. The first-order valence-corrected chi connectivity index (χ1v) is 6.99. The minimum absolute atomic E-state index is 0.0525. The molecule has 0 spiro atoms. The van der Waals surface area contributed by atoms with Crippen molar-refractivity contribution >= 4 is 11.9 Å². The van der Waals surface area contributed by atoms with E-state index in [1.807, 2.05) is 30.3 Å². The van der Waals surface area contributed by atoms with Crippen molar-refractivity contribution in [1.82, 2.24) is 4.98 Å². The van der Waals surface area contributed by atoms with E-state index in [1.165, 1.54) is 17.0 Å². The molecule has 0 radical (unpaired) electrons. The Morgan fingerprint density at radius 3 is 2.57 bits per heavy atom. The summed E-state index contributed by atoms with van der Waals surface area (Å²) >= 11 is 0. The van der Waals surface area contributed by atoms with Crippen LogP contribution in [0.15, 0.2) is 48.5 Å². The van der Waals surface area contributed by atoms with E-state index in [9.17, 15) is 18.0 Å². The van der Waals surface area contributed by atoms with E-state index >= 15 is 0 Å². The third-order valence-corrected chi connectivity index (χ3v) is 3.55. The van der Waals surface area contributed by atoms with Crippen LogP contribution in [-0.4, -0.2) is 23.7 Å². The number of carbonyl (C=O) groups excluding carboxylic acids is 1. The summed E-state index contributed by atoms with van der Waals surface area (Å²) in [7, 11) is 0. The third-order valence-electron chi connectivity index (χ3n) is 3.55. The van der Waals surface area contributed by atoms with Crippen LogP contribution in [0.2, 0.25) is 0 Å². The van der Waals surface area contributed by atoms with Gasteiger partial charge in [-0.1, -0.05) is 36.4 Å². The zero-order chi connectivity index (χ0) is 16.4. The number of hydrogen-bond donors (Lipinski definition) is 0. The summed E-state index contributed by atoms with van der Waals surface area (Å²) in [5.74, 6) is -0.0525. The summed E-state index contributed by atoms with van der Waals surface area (Å²) in [6, 6.07) is 12.5. The molecule has 0 saturated carbocycles. The molecule has 120 valence electrons. The lowest BCUT2D eigenvalue weighted by Crippen LogP contribution is -2.36. The van der Waals surface area contributed by atoms with Crippen LogP contribution in [0.25, 0.3) is 0 Å². The molecule has 0 aliphatic carbocycles. The molecule has 3 rings (SSSR count). The third kappa shape index (κ3) is 3.28. The van der Waals surface area contributed by atoms with Crippen molar-refractivity contribution in [1.29, 1.82) is 0 Å². The van der Waals surface area contributed by atoms with E-state index < -0.39 is 18.0 Å². The highest BCUT2D eigenvalue weighted by atomic mass is 19.4. The second-order valence-corrected chi connectivity index (χ2v) is 5.17. The molecule has 1 atom stereocenters. The highest BCUT2D eigenvalue weighted by Gasteiger charge is 2.37. The van der Waals surface area contributed by atoms with Crippen LogP contribution in [0.4, 0.5) is 23.8 Å². The summed E-state index contributed by atoms with van der Waals surface area (Å²) in [5.41, 5.74) is -0.0686. The normalized spacial score (nSPS) is 18.1. The monoisotopic (exact) mass is 322 g/mol. The molecule has 1 amide bonds. The fourth-order valence-electron chi connectivity index (χ4n) is 2.49. The van der Waals surface area contributed by atoms with Gasteiger partial charge >= 0.3 is 12.3 Å². The number of cyclic esters (lactones) is 1. The van der Waals surface area contributed by atoms with E-state index in [2.05, 4.69) is 4.98 Å². The molecule has 4 nitrogen and oxygen atoms in total. The number of halogens is 3. The minimum Gasteiger partial charge on any atom is -0.447 e. The standard InChI is InChI=1S/C16H13F3N2O2/c17-16(18,19)13-7-4-8-14(20-13)21-12(10-23-15(21)22)9-11-5-2-1-3-6-11/h1-8,12H,9-10H2/t12-/m0/s1. The summed E-state index contributed by atoms with van der Waals surface area (Å²) < 4.78 is 43.4. The molecule has 0 unspecified atom stereocenters. The van der Waals surface area contributed by atoms with E-state index in [-0.39, 0.29) is 18.5 Å². The maximum Gasteiger partial charge on any atom is 0.433 e. The van der Waals surface area contributed by atoms with Gasteiger partial charge in [0, 0.05) is 0 Å². The lowest BCUT2D eigenvalue weighted by molar-refractivity contribution is -0.141. The second-order valence-electron chi connectivity index (χ2n) is 5.17. The van der Waals surface area contributed by atoms with E-state index in [0.717, 1.165) is 11.6 Å². The average molecular weight is 322 g/mol. The van der Waals surface area contributed by atoms with Gasteiger partial charge in [0.2, 0.25) is 0 Å². The molecule has 0 N–H and O–H groups in total. The highest BCUT2D eigenvalue weighted by molar-refractivity contribution is 5.89. The average Bonchev–Trinajstić information content (AvgIpc) is 2.88. The molecule has 1 fully saturated rings. The van der Waals surface area contributed by atoms with Gasteiger partial charge in [-0.2, -0.15) is 13.2 Å². The predicted octanol–water partition coefficient (Wildman–Crippen LogP) is 3.67. The number of hydrogen-bond acceptors (Lipinski definition) is 3. The number of ether oxygens (including phenoxy) is 1. The van der Waals surface area contributed by atoms with Crippen molar-refractivity contribution in [2.45, 2.75) is 18.6 Å². The van der Waals surface area contributed by atoms with Gasteiger partial charge < -0.3 is 4.74 Å². The molecule has 2 heterocycles. The van der Waals surface area contributed by atoms with Gasteiger partial charge in [0.15, 0.2) is 0 Å². The van der Waals surface area contributed by atoms with E-state index in [4.69, 9.17) is 4.74 Å². The number of alkyl halides is 3. The van der Waals surface area contributed by atoms with Crippen molar-refractivity contribution in [2.75, 3.05) is 11.5 Å². The van der Waals surface area contributed by atoms with Crippen LogP contribution in [0.1, 0.15) is 11.3 Å². The van der Waals surface area contributed by atoms with Crippen LogP contribution < -0.4 is 4.90 Å². The van der Waals surface area contributed by atoms with Crippen LogP contribution in [0, 0.1) is 0 Å². The van der Waals surface area contributed by atoms with Gasteiger partial charge in [0.1, 0.15) is 18.1 Å². The smallest absolute Gasteiger partial charge is 0.433 e. The van der Waals surface area contributed by atoms with Crippen molar-refractivity contribution in [3.05, 3.63) is 59.8 Å². The zero-order valence-electron chi connectivity index (χ0n) is 12.0. The van der Waals surface area contributed by atoms with Gasteiger partial charge in [-0.3, -0.25) is 4.90 Å². The van der Waals surface area contributed by atoms with Crippen molar-refractivity contribution < 1.29 is 22.7 Å². The molecule has 1 aromatic heterocycles.